The maximum absolute atomic E-state index is 12.5. The lowest BCUT2D eigenvalue weighted by Gasteiger charge is -2.17. The average molecular weight is 428 g/mol. The molecule has 0 aliphatic carbocycles. The molecule has 7 nitrogen and oxygen atoms in total. The summed E-state index contributed by atoms with van der Waals surface area (Å²) >= 11 is 0. The van der Waals surface area contributed by atoms with E-state index in [0.29, 0.717) is 17.9 Å². The highest BCUT2D eigenvalue weighted by atomic mass is 32.2. The predicted molar refractivity (Wildman–Crippen MR) is 104 cm³/mol. The zero-order valence-electron chi connectivity index (χ0n) is 16.0. The smallest absolute Gasteiger partial charge is 0.387 e. The number of amides is 1. The van der Waals surface area contributed by atoms with E-state index in [2.05, 4.69) is 10.1 Å². The van der Waals surface area contributed by atoms with Crippen LogP contribution in [0.4, 0.5) is 14.5 Å². The van der Waals surface area contributed by atoms with Gasteiger partial charge in [-0.1, -0.05) is 0 Å². The van der Waals surface area contributed by atoms with Gasteiger partial charge in [0.1, 0.15) is 11.5 Å². The molecule has 0 atom stereocenters. The molecule has 10 heteroatoms. The van der Waals surface area contributed by atoms with Crippen LogP contribution in [0.15, 0.2) is 53.4 Å². The van der Waals surface area contributed by atoms with Gasteiger partial charge in [-0.05, 0) is 55.0 Å². The summed E-state index contributed by atoms with van der Waals surface area (Å²) in [5, 5.41) is 2.62. The normalized spacial score (nSPS) is 11.5. The van der Waals surface area contributed by atoms with Gasteiger partial charge < -0.3 is 14.8 Å². The Bertz CT molecular complexity index is 903. The molecule has 1 amide bonds. The third-order valence-electron chi connectivity index (χ3n) is 4.01. The van der Waals surface area contributed by atoms with Crippen LogP contribution in [0.2, 0.25) is 0 Å². The minimum Gasteiger partial charge on any atom is -0.497 e. The number of carbonyl (C=O) groups is 1. The predicted octanol–water partition coefficient (Wildman–Crippen LogP) is 3.34. The molecule has 2 rings (SSSR count). The number of nitrogens with one attached hydrogen (secondary N) is 1. The lowest BCUT2D eigenvalue weighted by atomic mass is 10.2. The molecule has 0 saturated heterocycles. The number of methoxy groups -OCH3 is 1. The van der Waals surface area contributed by atoms with Gasteiger partial charge in [0, 0.05) is 25.7 Å². The molecule has 158 valence electrons. The molecule has 0 radical (unpaired) electrons. The maximum atomic E-state index is 12.5. The molecule has 2 aromatic carbocycles. The summed E-state index contributed by atoms with van der Waals surface area (Å²) in [6.07, 6.45) is 0.405. The van der Waals surface area contributed by atoms with Crippen LogP contribution in [-0.4, -0.2) is 45.9 Å². The van der Waals surface area contributed by atoms with Crippen LogP contribution in [0, 0.1) is 0 Å². The minimum atomic E-state index is -3.66. The Morgan fingerprint density at radius 2 is 1.66 bits per heavy atom. The highest BCUT2D eigenvalue weighted by Crippen LogP contribution is 2.20. The van der Waals surface area contributed by atoms with Gasteiger partial charge in [0.05, 0.1) is 12.0 Å². The first-order valence-electron chi connectivity index (χ1n) is 8.67. The second-order valence-corrected chi connectivity index (χ2v) is 8.10. The number of hydrogen-bond acceptors (Lipinski definition) is 5. The summed E-state index contributed by atoms with van der Waals surface area (Å²) in [5.41, 5.74) is 0.427. The maximum Gasteiger partial charge on any atom is 0.387 e. The summed E-state index contributed by atoms with van der Waals surface area (Å²) in [4.78, 5) is 12.1. The summed E-state index contributed by atoms with van der Waals surface area (Å²) in [6, 6.07) is 11.6. The van der Waals surface area contributed by atoms with Gasteiger partial charge in [-0.15, -0.1) is 0 Å². The van der Waals surface area contributed by atoms with E-state index in [9.17, 15) is 22.0 Å². The second-order valence-electron chi connectivity index (χ2n) is 6.06. The highest BCUT2D eigenvalue weighted by Gasteiger charge is 2.20. The third-order valence-corrected chi connectivity index (χ3v) is 5.88. The van der Waals surface area contributed by atoms with Crippen molar-refractivity contribution in [3.63, 3.8) is 0 Å². The van der Waals surface area contributed by atoms with E-state index in [1.807, 2.05) is 0 Å². The number of rotatable bonds is 10. The Morgan fingerprint density at radius 3 is 2.21 bits per heavy atom. The first-order chi connectivity index (χ1) is 13.7. The highest BCUT2D eigenvalue weighted by molar-refractivity contribution is 7.89. The van der Waals surface area contributed by atoms with Crippen molar-refractivity contribution in [1.29, 1.82) is 0 Å². The molecule has 0 heterocycles. The monoisotopic (exact) mass is 428 g/mol. The summed E-state index contributed by atoms with van der Waals surface area (Å²) < 4.78 is 59.7. The summed E-state index contributed by atoms with van der Waals surface area (Å²) in [6.45, 7) is -2.76. The van der Waals surface area contributed by atoms with Crippen LogP contribution in [0.3, 0.4) is 0 Å². The number of carbonyl (C=O) groups excluding carboxylic acids is 1. The molecule has 0 saturated carbocycles. The summed E-state index contributed by atoms with van der Waals surface area (Å²) in [5.74, 6) is 0.225. The van der Waals surface area contributed by atoms with E-state index in [-0.39, 0.29) is 29.5 Å². The third kappa shape index (κ3) is 6.68. The van der Waals surface area contributed by atoms with Crippen LogP contribution >= 0.6 is 0 Å². The number of anilines is 1. The minimum absolute atomic E-state index is 0.0108. The molecule has 1 N–H and O–H groups in total. The van der Waals surface area contributed by atoms with Crippen molar-refractivity contribution in [2.45, 2.75) is 24.3 Å². The van der Waals surface area contributed by atoms with Crippen molar-refractivity contribution in [3.05, 3.63) is 48.5 Å². The fourth-order valence-electron chi connectivity index (χ4n) is 2.45. The molecule has 0 fully saturated rings. The van der Waals surface area contributed by atoms with E-state index in [4.69, 9.17) is 4.74 Å². The largest absolute Gasteiger partial charge is 0.497 e. The van der Waals surface area contributed by atoms with E-state index < -0.39 is 16.6 Å². The molecule has 0 spiro atoms. The van der Waals surface area contributed by atoms with Gasteiger partial charge in [-0.25, -0.2) is 12.7 Å². The zero-order chi connectivity index (χ0) is 21.4. The van der Waals surface area contributed by atoms with Crippen molar-refractivity contribution in [2.24, 2.45) is 0 Å². The van der Waals surface area contributed by atoms with Crippen molar-refractivity contribution in [1.82, 2.24) is 4.31 Å². The van der Waals surface area contributed by atoms with Gasteiger partial charge in [0.2, 0.25) is 15.9 Å². The number of halogens is 2. The Balaban J connectivity index is 1.82. The molecule has 0 bridgehead atoms. The van der Waals surface area contributed by atoms with E-state index in [1.54, 1.807) is 12.1 Å². The lowest BCUT2D eigenvalue weighted by molar-refractivity contribution is -0.116. The number of benzene rings is 2. The Morgan fingerprint density at radius 1 is 1.07 bits per heavy atom. The number of sulfonamides is 1. The number of alkyl halides is 2. The van der Waals surface area contributed by atoms with Crippen molar-refractivity contribution >= 4 is 21.6 Å². The number of hydrogen-bond donors (Lipinski definition) is 1. The van der Waals surface area contributed by atoms with Crippen molar-refractivity contribution < 1.29 is 31.5 Å². The number of nitrogens with zero attached hydrogens (tertiary/aromatic N) is 1. The number of ether oxygens (including phenoxy) is 2. The summed E-state index contributed by atoms with van der Waals surface area (Å²) in [7, 11) is -0.729. The Hall–Kier alpha value is -2.72. The quantitative estimate of drug-likeness (QED) is 0.628. The van der Waals surface area contributed by atoms with Crippen molar-refractivity contribution in [2.75, 3.05) is 26.0 Å². The topological polar surface area (TPSA) is 84.9 Å². The van der Waals surface area contributed by atoms with E-state index >= 15 is 0 Å². The molecular weight excluding hydrogens is 406 g/mol. The van der Waals surface area contributed by atoms with Gasteiger partial charge in [0.25, 0.3) is 0 Å². The van der Waals surface area contributed by atoms with Crippen molar-refractivity contribution in [3.8, 4) is 11.5 Å². The second kappa shape index (κ2) is 10.2. The van der Waals surface area contributed by atoms with E-state index in [1.165, 1.54) is 54.9 Å². The van der Waals surface area contributed by atoms with Crippen LogP contribution in [-0.2, 0) is 14.8 Å². The molecule has 2 aromatic rings. The SMILES string of the molecule is COc1ccc(S(=O)(=O)N(C)CCCC(=O)Nc2ccc(OC(F)F)cc2)cc1. The van der Waals surface area contributed by atoms with Gasteiger partial charge in [-0.2, -0.15) is 8.78 Å². The van der Waals surface area contributed by atoms with E-state index in [0.717, 1.165) is 0 Å². The average Bonchev–Trinajstić information content (AvgIpc) is 2.69. The first kappa shape index (κ1) is 22.6. The first-order valence-corrected chi connectivity index (χ1v) is 10.1. The lowest BCUT2D eigenvalue weighted by Crippen LogP contribution is -2.28. The Kier molecular flexibility index (Phi) is 7.91. The Labute approximate surface area is 168 Å². The molecule has 0 aliphatic rings. The molecule has 0 aliphatic heterocycles. The van der Waals surface area contributed by atoms with Gasteiger partial charge in [0.15, 0.2) is 0 Å². The zero-order valence-corrected chi connectivity index (χ0v) is 16.8. The van der Waals surface area contributed by atoms with Gasteiger partial charge in [-0.3, -0.25) is 4.79 Å². The molecule has 0 unspecified atom stereocenters. The van der Waals surface area contributed by atoms with Crippen LogP contribution in [0.25, 0.3) is 0 Å². The van der Waals surface area contributed by atoms with Crippen LogP contribution in [0.1, 0.15) is 12.8 Å². The van der Waals surface area contributed by atoms with Gasteiger partial charge >= 0.3 is 6.61 Å². The van der Waals surface area contributed by atoms with Crippen LogP contribution < -0.4 is 14.8 Å². The fraction of sp³-hybridized carbons (Fsp3) is 0.316. The molecule has 0 aromatic heterocycles. The van der Waals surface area contributed by atoms with Crippen LogP contribution in [0.5, 0.6) is 11.5 Å². The standard InChI is InChI=1S/C19H22F2N2O5S/c1-23(29(25,26)17-11-9-15(27-2)10-12-17)13-3-4-18(24)22-14-5-7-16(8-6-14)28-19(20)21/h5-12,19H,3-4,13H2,1-2H3,(H,22,24). The fourth-order valence-corrected chi connectivity index (χ4v) is 3.66. The molecular formula is C19H22F2N2O5S. The molecule has 29 heavy (non-hydrogen) atoms.